The summed E-state index contributed by atoms with van der Waals surface area (Å²) in [5.74, 6) is 0. The van der Waals surface area contributed by atoms with Crippen molar-refractivity contribution in [3.8, 4) is 0 Å². The molecule has 1 saturated heterocycles. The highest BCUT2D eigenvalue weighted by atomic mass is 16.5. The smallest absolute Gasteiger partial charge is 0.0586 e. The summed E-state index contributed by atoms with van der Waals surface area (Å²) in [6.45, 7) is 3.36. The predicted molar refractivity (Wildman–Crippen MR) is 48.2 cm³/mol. The van der Waals surface area contributed by atoms with Crippen LogP contribution in [-0.4, -0.2) is 49.5 Å². The Balaban J connectivity index is 2.12. The maximum absolute atomic E-state index is 9.02. The van der Waals surface area contributed by atoms with Crippen molar-refractivity contribution in [1.29, 1.82) is 0 Å². The molecule has 1 heterocycles. The van der Waals surface area contributed by atoms with Crippen LogP contribution in [0.2, 0.25) is 0 Å². The van der Waals surface area contributed by atoms with E-state index in [2.05, 4.69) is 4.90 Å². The summed E-state index contributed by atoms with van der Waals surface area (Å²) >= 11 is 0. The molecule has 0 aromatic carbocycles. The number of nitrogens with zero attached hydrogens (tertiary/aromatic N) is 1. The minimum atomic E-state index is 0.312. The van der Waals surface area contributed by atoms with Crippen LogP contribution in [0.5, 0.6) is 0 Å². The van der Waals surface area contributed by atoms with Crippen molar-refractivity contribution >= 4 is 0 Å². The summed E-state index contributed by atoms with van der Waals surface area (Å²) in [6, 6.07) is 0.418. The van der Waals surface area contributed by atoms with Crippen molar-refractivity contribution in [1.82, 2.24) is 4.90 Å². The molecule has 0 bridgehead atoms. The summed E-state index contributed by atoms with van der Waals surface area (Å²) in [5.41, 5.74) is 0. The molecular weight excluding hydrogens is 154 g/mol. The van der Waals surface area contributed by atoms with Gasteiger partial charge in [-0.25, -0.2) is 0 Å². The molecule has 0 amide bonds. The molecule has 3 nitrogen and oxygen atoms in total. The van der Waals surface area contributed by atoms with Crippen molar-refractivity contribution < 1.29 is 9.84 Å². The third-order valence-electron chi connectivity index (χ3n) is 2.50. The molecule has 1 rings (SSSR count). The topological polar surface area (TPSA) is 32.7 Å². The van der Waals surface area contributed by atoms with Gasteiger partial charge in [0.25, 0.3) is 0 Å². The lowest BCUT2D eigenvalue weighted by Gasteiger charge is -2.22. The maximum Gasteiger partial charge on any atom is 0.0586 e. The number of ether oxygens (including phenoxy) is 1. The molecule has 1 aliphatic rings. The van der Waals surface area contributed by atoms with Crippen LogP contribution in [-0.2, 0) is 4.74 Å². The molecule has 0 saturated carbocycles. The van der Waals surface area contributed by atoms with Gasteiger partial charge in [0.05, 0.1) is 6.61 Å². The molecule has 12 heavy (non-hydrogen) atoms. The van der Waals surface area contributed by atoms with Crippen molar-refractivity contribution in [2.75, 3.05) is 33.4 Å². The third-order valence-corrected chi connectivity index (χ3v) is 2.50. The number of hydrogen-bond donors (Lipinski definition) is 1. The van der Waals surface area contributed by atoms with Crippen LogP contribution < -0.4 is 0 Å². The minimum Gasteiger partial charge on any atom is -0.395 e. The largest absolute Gasteiger partial charge is 0.395 e. The molecule has 0 aliphatic carbocycles. The molecular formula is C9H19NO2. The number of hydrogen-bond acceptors (Lipinski definition) is 3. The Bertz CT molecular complexity index is 119. The van der Waals surface area contributed by atoms with Gasteiger partial charge in [0, 0.05) is 26.3 Å². The van der Waals surface area contributed by atoms with Crippen LogP contribution in [0, 0.1) is 0 Å². The van der Waals surface area contributed by atoms with Crippen LogP contribution >= 0.6 is 0 Å². The van der Waals surface area contributed by atoms with E-state index >= 15 is 0 Å². The van der Waals surface area contributed by atoms with E-state index in [-0.39, 0.29) is 0 Å². The van der Waals surface area contributed by atoms with E-state index < -0.39 is 0 Å². The van der Waals surface area contributed by atoms with Gasteiger partial charge in [0.2, 0.25) is 0 Å². The predicted octanol–water partition coefficient (Wildman–Crippen LogP) is 0.480. The van der Waals surface area contributed by atoms with Crippen molar-refractivity contribution in [3.63, 3.8) is 0 Å². The number of likely N-dealkylation sites (tertiary alicyclic amines) is 1. The van der Waals surface area contributed by atoms with Gasteiger partial charge in [0.1, 0.15) is 0 Å². The van der Waals surface area contributed by atoms with Crippen molar-refractivity contribution in [2.45, 2.75) is 25.3 Å². The average Bonchev–Trinajstić information content (AvgIpc) is 2.52. The van der Waals surface area contributed by atoms with E-state index in [4.69, 9.17) is 9.84 Å². The molecule has 0 aromatic rings. The normalized spacial score (nSPS) is 25.0. The van der Waals surface area contributed by atoms with E-state index in [1.165, 1.54) is 6.42 Å². The SMILES string of the molecule is COCCCN1CCC[C@@H]1CO. The Morgan fingerprint density at radius 1 is 1.58 bits per heavy atom. The maximum atomic E-state index is 9.02. The van der Waals surface area contributed by atoms with E-state index in [0.29, 0.717) is 12.6 Å². The van der Waals surface area contributed by atoms with Gasteiger partial charge in [-0.3, -0.25) is 4.90 Å². The lowest BCUT2D eigenvalue weighted by molar-refractivity contribution is 0.136. The lowest BCUT2D eigenvalue weighted by atomic mass is 10.2. The standard InChI is InChI=1S/C9H19NO2/c1-12-7-3-6-10-5-2-4-9(10)8-11/h9,11H,2-8H2,1H3/t9-/m1/s1. The number of rotatable bonds is 5. The fourth-order valence-corrected chi connectivity index (χ4v) is 1.81. The zero-order chi connectivity index (χ0) is 8.81. The first kappa shape index (κ1) is 9.96. The van der Waals surface area contributed by atoms with Crippen LogP contribution in [0.1, 0.15) is 19.3 Å². The molecule has 1 atom stereocenters. The number of aliphatic hydroxyl groups excluding tert-OH is 1. The molecule has 0 spiro atoms. The fraction of sp³-hybridized carbons (Fsp3) is 1.00. The minimum absolute atomic E-state index is 0.312. The fourth-order valence-electron chi connectivity index (χ4n) is 1.81. The summed E-state index contributed by atoms with van der Waals surface area (Å²) < 4.78 is 4.98. The third kappa shape index (κ3) is 2.73. The molecule has 0 unspecified atom stereocenters. The monoisotopic (exact) mass is 173 g/mol. The molecule has 1 N–H and O–H groups in total. The van der Waals surface area contributed by atoms with Gasteiger partial charge in [-0.15, -0.1) is 0 Å². The molecule has 0 radical (unpaired) electrons. The first-order valence-corrected chi connectivity index (χ1v) is 4.72. The summed E-state index contributed by atoms with van der Waals surface area (Å²) in [6.07, 6.45) is 3.47. The van der Waals surface area contributed by atoms with Crippen LogP contribution in [0.25, 0.3) is 0 Å². The van der Waals surface area contributed by atoms with Crippen molar-refractivity contribution in [3.05, 3.63) is 0 Å². The highest BCUT2D eigenvalue weighted by molar-refractivity contribution is 4.77. The first-order chi connectivity index (χ1) is 5.88. The quantitative estimate of drug-likeness (QED) is 0.614. The Morgan fingerprint density at radius 3 is 3.08 bits per heavy atom. The van der Waals surface area contributed by atoms with Crippen LogP contribution in [0.4, 0.5) is 0 Å². The number of aliphatic hydroxyl groups is 1. The summed E-state index contributed by atoms with van der Waals surface area (Å²) in [4.78, 5) is 2.36. The van der Waals surface area contributed by atoms with Crippen LogP contribution in [0.15, 0.2) is 0 Å². The second-order valence-electron chi connectivity index (χ2n) is 3.36. The summed E-state index contributed by atoms with van der Waals surface area (Å²) in [7, 11) is 1.73. The Kier molecular flexibility index (Phi) is 4.58. The Labute approximate surface area is 74.3 Å². The van der Waals surface area contributed by atoms with Gasteiger partial charge in [-0.1, -0.05) is 0 Å². The zero-order valence-electron chi connectivity index (χ0n) is 7.83. The molecule has 1 aliphatic heterocycles. The van der Waals surface area contributed by atoms with Gasteiger partial charge < -0.3 is 9.84 Å². The van der Waals surface area contributed by atoms with E-state index in [1.807, 2.05) is 0 Å². The Hall–Kier alpha value is -0.120. The van der Waals surface area contributed by atoms with Crippen molar-refractivity contribution in [2.24, 2.45) is 0 Å². The zero-order valence-corrected chi connectivity index (χ0v) is 7.83. The van der Waals surface area contributed by atoms with Gasteiger partial charge >= 0.3 is 0 Å². The molecule has 3 heteroatoms. The van der Waals surface area contributed by atoms with Gasteiger partial charge in [0.15, 0.2) is 0 Å². The second kappa shape index (κ2) is 5.51. The molecule has 1 fully saturated rings. The first-order valence-electron chi connectivity index (χ1n) is 4.72. The Morgan fingerprint density at radius 2 is 2.42 bits per heavy atom. The highest BCUT2D eigenvalue weighted by Crippen LogP contribution is 2.16. The molecule has 0 aromatic heterocycles. The van der Waals surface area contributed by atoms with Crippen LogP contribution in [0.3, 0.4) is 0 Å². The van der Waals surface area contributed by atoms with E-state index in [1.54, 1.807) is 7.11 Å². The lowest BCUT2D eigenvalue weighted by Crippen LogP contribution is -2.33. The highest BCUT2D eigenvalue weighted by Gasteiger charge is 2.22. The molecule has 72 valence electrons. The average molecular weight is 173 g/mol. The summed E-state index contributed by atoms with van der Waals surface area (Å²) in [5, 5.41) is 9.02. The van der Waals surface area contributed by atoms with Gasteiger partial charge in [-0.05, 0) is 25.8 Å². The van der Waals surface area contributed by atoms with E-state index in [9.17, 15) is 0 Å². The second-order valence-corrected chi connectivity index (χ2v) is 3.36. The van der Waals surface area contributed by atoms with E-state index in [0.717, 1.165) is 32.5 Å². The number of methoxy groups -OCH3 is 1. The van der Waals surface area contributed by atoms with Gasteiger partial charge in [-0.2, -0.15) is 0 Å².